The molecule has 2 aromatic carbocycles. The Kier molecular flexibility index (Phi) is 3.87. The van der Waals surface area contributed by atoms with Gasteiger partial charge < -0.3 is 4.98 Å². The minimum absolute atomic E-state index is 0.105. The van der Waals surface area contributed by atoms with E-state index in [1.54, 1.807) is 12.1 Å². The van der Waals surface area contributed by atoms with Crippen molar-refractivity contribution in [2.75, 3.05) is 0 Å². The molecule has 0 saturated heterocycles. The van der Waals surface area contributed by atoms with E-state index in [4.69, 9.17) is 11.6 Å². The van der Waals surface area contributed by atoms with Gasteiger partial charge in [0.25, 0.3) is 0 Å². The van der Waals surface area contributed by atoms with E-state index in [0.717, 1.165) is 24.1 Å². The molecule has 0 aliphatic heterocycles. The summed E-state index contributed by atoms with van der Waals surface area (Å²) in [5.74, 6) is 0. The number of para-hydroxylation sites is 1. The minimum atomic E-state index is -3.53. The molecule has 2 N–H and O–H groups in total. The van der Waals surface area contributed by atoms with Crippen molar-refractivity contribution in [3.8, 4) is 0 Å². The molecule has 3 aromatic rings. The second-order valence-electron chi connectivity index (χ2n) is 6.14. The van der Waals surface area contributed by atoms with Gasteiger partial charge in [0.15, 0.2) is 0 Å². The van der Waals surface area contributed by atoms with Crippen LogP contribution in [0.3, 0.4) is 0 Å². The lowest BCUT2D eigenvalue weighted by molar-refractivity contribution is 0.505. The van der Waals surface area contributed by atoms with Gasteiger partial charge in [0.2, 0.25) is 10.0 Å². The molecule has 24 heavy (non-hydrogen) atoms. The molecule has 124 valence electrons. The first kappa shape index (κ1) is 15.7. The zero-order valence-corrected chi connectivity index (χ0v) is 14.5. The normalized spacial score (nSPS) is 17.8. The van der Waals surface area contributed by atoms with Crippen LogP contribution in [-0.4, -0.2) is 19.4 Å². The highest BCUT2D eigenvalue weighted by Crippen LogP contribution is 2.29. The summed E-state index contributed by atoms with van der Waals surface area (Å²) in [5.41, 5.74) is 3.56. The van der Waals surface area contributed by atoms with Gasteiger partial charge in [-0.1, -0.05) is 29.8 Å². The van der Waals surface area contributed by atoms with Gasteiger partial charge in [0, 0.05) is 34.1 Å². The number of hydrogen-bond acceptors (Lipinski definition) is 2. The van der Waals surface area contributed by atoms with Crippen LogP contribution in [0.5, 0.6) is 0 Å². The maximum Gasteiger partial charge on any atom is 0.240 e. The first-order chi connectivity index (χ1) is 11.5. The first-order valence-electron chi connectivity index (χ1n) is 7.89. The van der Waals surface area contributed by atoms with Crippen molar-refractivity contribution in [2.24, 2.45) is 0 Å². The molecule has 0 bridgehead atoms. The molecule has 1 unspecified atom stereocenters. The highest BCUT2D eigenvalue weighted by Gasteiger charge is 2.26. The van der Waals surface area contributed by atoms with Gasteiger partial charge in [0.1, 0.15) is 0 Å². The number of fused-ring (bicyclic) bond motifs is 3. The van der Waals surface area contributed by atoms with Gasteiger partial charge in [-0.15, -0.1) is 0 Å². The van der Waals surface area contributed by atoms with Crippen molar-refractivity contribution < 1.29 is 8.42 Å². The van der Waals surface area contributed by atoms with Crippen molar-refractivity contribution in [3.05, 3.63) is 64.8 Å². The van der Waals surface area contributed by atoms with Crippen LogP contribution in [0.1, 0.15) is 17.7 Å². The van der Waals surface area contributed by atoms with E-state index in [1.165, 1.54) is 23.1 Å². The monoisotopic (exact) mass is 360 g/mol. The molecule has 4 rings (SSSR count). The Bertz CT molecular complexity index is 994. The summed E-state index contributed by atoms with van der Waals surface area (Å²) >= 11 is 5.83. The quantitative estimate of drug-likeness (QED) is 0.748. The molecular formula is C18H17ClN2O2S. The fourth-order valence-corrected chi connectivity index (χ4v) is 4.78. The number of nitrogens with one attached hydrogen (secondary N) is 2. The number of benzene rings is 2. The van der Waals surface area contributed by atoms with E-state index in [1.807, 2.05) is 12.1 Å². The Hall–Kier alpha value is -1.82. The van der Waals surface area contributed by atoms with Crippen molar-refractivity contribution in [3.63, 3.8) is 0 Å². The van der Waals surface area contributed by atoms with Crippen LogP contribution in [0, 0.1) is 0 Å². The molecular weight excluding hydrogens is 344 g/mol. The van der Waals surface area contributed by atoms with Gasteiger partial charge in [-0.05, 0) is 48.7 Å². The van der Waals surface area contributed by atoms with Crippen LogP contribution in [0.25, 0.3) is 10.9 Å². The van der Waals surface area contributed by atoms with Gasteiger partial charge in [-0.25, -0.2) is 13.1 Å². The van der Waals surface area contributed by atoms with Crippen LogP contribution in [-0.2, 0) is 22.9 Å². The van der Waals surface area contributed by atoms with Crippen molar-refractivity contribution >= 4 is 32.5 Å². The predicted molar refractivity (Wildman–Crippen MR) is 95.9 cm³/mol. The Morgan fingerprint density at radius 2 is 1.83 bits per heavy atom. The maximum absolute atomic E-state index is 12.5. The minimum Gasteiger partial charge on any atom is -0.358 e. The lowest BCUT2D eigenvalue weighted by Gasteiger charge is -2.23. The summed E-state index contributed by atoms with van der Waals surface area (Å²) in [6.07, 6.45) is 2.34. The fourth-order valence-electron chi connectivity index (χ4n) is 3.38. The summed E-state index contributed by atoms with van der Waals surface area (Å²) in [7, 11) is -3.53. The Labute approximate surface area is 145 Å². The van der Waals surface area contributed by atoms with Gasteiger partial charge in [0.05, 0.1) is 4.90 Å². The number of aryl methyl sites for hydroxylation is 1. The standard InChI is InChI=1S/C18H17ClN2O2S/c19-12-5-8-14(9-6-12)24(22,23)21-13-7-10-16-15-3-1-2-4-17(15)20-18(16)11-13/h1-6,8-9,13,20-21H,7,10-11H2. The van der Waals surface area contributed by atoms with Crippen LogP contribution in [0.4, 0.5) is 0 Å². The van der Waals surface area contributed by atoms with Gasteiger partial charge in [-0.3, -0.25) is 0 Å². The lowest BCUT2D eigenvalue weighted by atomic mass is 9.92. The van der Waals surface area contributed by atoms with E-state index in [0.29, 0.717) is 11.4 Å². The third-order valence-electron chi connectivity index (χ3n) is 4.54. The van der Waals surface area contributed by atoms with E-state index < -0.39 is 10.0 Å². The summed E-state index contributed by atoms with van der Waals surface area (Å²) in [6.45, 7) is 0. The number of H-pyrrole nitrogens is 1. The first-order valence-corrected chi connectivity index (χ1v) is 9.75. The van der Waals surface area contributed by atoms with Crippen molar-refractivity contribution in [1.29, 1.82) is 0 Å². The van der Waals surface area contributed by atoms with Gasteiger partial charge >= 0.3 is 0 Å². The third kappa shape index (κ3) is 2.83. The molecule has 4 nitrogen and oxygen atoms in total. The van der Waals surface area contributed by atoms with E-state index >= 15 is 0 Å². The fraction of sp³-hybridized carbons (Fsp3) is 0.222. The van der Waals surface area contributed by atoms with E-state index in [2.05, 4.69) is 21.8 Å². The second kappa shape index (κ2) is 5.92. The number of hydrogen-bond donors (Lipinski definition) is 2. The molecule has 1 aromatic heterocycles. The number of aromatic amines is 1. The molecule has 0 saturated carbocycles. The van der Waals surface area contributed by atoms with Crippen molar-refractivity contribution in [2.45, 2.75) is 30.2 Å². The largest absolute Gasteiger partial charge is 0.358 e. The molecule has 0 amide bonds. The van der Waals surface area contributed by atoms with Gasteiger partial charge in [-0.2, -0.15) is 0 Å². The molecule has 0 radical (unpaired) electrons. The summed E-state index contributed by atoms with van der Waals surface area (Å²) in [5, 5.41) is 1.76. The zero-order valence-electron chi connectivity index (χ0n) is 12.9. The summed E-state index contributed by atoms with van der Waals surface area (Å²) in [6, 6.07) is 14.3. The molecule has 1 atom stereocenters. The Balaban J connectivity index is 1.57. The Morgan fingerprint density at radius 3 is 2.62 bits per heavy atom. The average Bonchev–Trinajstić information content (AvgIpc) is 2.92. The molecule has 1 heterocycles. The molecule has 0 spiro atoms. The highest BCUT2D eigenvalue weighted by molar-refractivity contribution is 7.89. The summed E-state index contributed by atoms with van der Waals surface area (Å²) < 4.78 is 27.9. The van der Waals surface area contributed by atoms with E-state index in [9.17, 15) is 8.42 Å². The molecule has 1 aliphatic rings. The lowest BCUT2D eigenvalue weighted by Crippen LogP contribution is -2.38. The molecule has 6 heteroatoms. The van der Waals surface area contributed by atoms with Crippen LogP contribution < -0.4 is 4.72 Å². The number of sulfonamides is 1. The molecule has 1 aliphatic carbocycles. The zero-order chi connectivity index (χ0) is 16.7. The SMILES string of the molecule is O=S(=O)(NC1CCc2c([nH]c3ccccc23)C1)c1ccc(Cl)cc1. The van der Waals surface area contributed by atoms with Crippen LogP contribution >= 0.6 is 11.6 Å². The topological polar surface area (TPSA) is 62.0 Å². The Morgan fingerprint density at radius 1 is 1.08 bits per heavy atom. The second-order valence-corrected chi connectivity index (χ2v) is 8.29. The smallest absolute Gasteiger partial charge is 0.240 e. The summed E-state index contributed by atoms with van der Waals surface area (Å²) in [4.78, 5) is 3.67. The number of halogens is 1. The van der Waals surface area contributed by atoms with Crippen molar-refractivity contribution in [1.82, 2.24) is 9.71 Å². The van der Waals surface area contributed by atoms with Crippen LogP contribution in [0.2, 0.25) is 5.02 Å². The maximum atomic E-state index is 12.5. The average molecular weight is 361 g/mol. The molecule has 0 fully saturated rings. The van der Waals surface area contributed by atoms with Crippen LogP contribution in [0.15, 0.2) is 53.4 Å². The number of rotatable bonds is 3. The third-order valence-corrected chi connectivity index (χ3v) is 6.33. The van der Waals surface area contributed by atoms with E-state index in [-0.39, 0.29) is 10.9 Å². The highest BCUT2D eigenvalue weighted by atomic mass is 35.5. The predicted octanol–water partition coefficient (Wildman–Crippen LogP) is 3.66. The number of aromatic nitrogens is 1.